The van der Waals surface area contributed by atoms with Gasteiger partial charge < -0.3 is 16.0 Å². The van der Waals surface area contributed by atoms with Gasteiger partial charge in [-0.3, -0.25) is 4.79 Å². The number of aryl methyl sites for hydroxylation is 1. The van der Waals surface area contributed by atoms with Crippen LogP contribution < -0.4 is 16.0 Å². The summed E-state index contributed by atoms with van der Waals surface area (Å²) >= 11 is 0. The van der Waals surface area contributed by atoms with Gasteiger partial charge in [0.2, 0.25) is 5.91 Å². The van der Waals surface area contributed by atoms with Crippen molar-refractivity contribution in [2.24, 2.45) is 11.8 Å². The van der Waals surface area contributed by atoms with E-state index in [0.717, 1.165) is 44.0 Å². The predicted octanol–water partition coefficient (Wildman–Crippen LogP) is 3.18. The van der Waals surface area contributed by atoms with E-state index in [9.17, 15) is 4.79 Å². The third-order valence-electron chi connectivity index (χ3n) is 4.59. The van der Waals surface area contributed by atoms with Crippen LogP contribution >= 0.6 is 24.8 Å². The lowest BCUT2D eigenvalue weighted by molar-refractivity contribution is -0.122. The van der Waals surface area contributed by atoms with Crippen LogP contribution in [-0.4, -0.2) is 37.1 Å². The number of hydrogen-bond donors (Lipinski definition) is 3. The van der Waals surface area contributed by atoms with Crippen molar-refractivity contribution in [3.63, 3.8) is 0 Å². The highest BCUT2D eigenvalue weighted by molar-refractivity contribution is 5.85. The Balaban J connectivity index is 0.00000288. The second-order valence-electron chi connectivity index (χ2n) is 6.62. The van der Waals surface area contributed by atoms with Gasteiger partial charge in [0.1, 0.15) is 5.82 Å². The first-order valence-electron chi connectivity index (χ1n) is 8.79. The van der Waals surface area contributed by atoms with Gasteiger partial charge in [-0.25, -0.2) is 4.98 Å². The Morgan fingerprint density at radius 3 is 2.64 bits per heavy atom. The van der Waals surface area contributed by atoms with Crippen molar-refractivity contribution >= 4 is 36.5 Å². The van der Waals surface area contributed by atoms with Crippen LogP contribution in [0.3, 0.4) is 0 Å². The van der Waals surface area contributed by atoms with Gasteiger partial charge in [-0.05, 0) is 62.7 Å². The topological polar surface area (TPSA) is 66.0 Å². The number of amides is 1. The molecule has 1 aliphatic rings. The van der Waals surface area contributed by atoms with Gasteiger partial charge in [0.05, 0.1) is 0 Å². The lowest BCUT2D eigenvalue weighted by Gasteiger charge is -2.27. The first-order valence-corrected chi connectivity index (χ1v) is 8.79. The fraction of sp³-hybridized carbons (Fsp3) is 0.667. The second-order valence-corrected chi connectivity index (χ2v) is 6.62. The van der Waals surface area contributed by atoms with Gasteiger partial charge >= 0.3 is 0 Å². The number of halogens is 2. The molecule has 1 fully saturated rings. The zero-order valence-corrected chi connectivity index (χ0v) is 16.8. The summed E-state index contributed by atoms with van der Waals surface area (Å²) in [5.74, 6) is 2.24. The summed E-state index contributed by atoms with van der Waals surface area (Å²) in [6.07, 6.45) is 5.80. The molecule has 1 aliphatic heterocycles. The highest BCUT2D eigenvalue weighted by atomic mass is 35.5. The normalized spacial score (nSPS) is 15.4. The molecule has 2 rings (SSSR count). The first-order chi connectivity index (χ1) is 11.1. The molecule has 0 radical (unpaired) electrons. The fourth-order valence-electron chi connectivity index (χ4n) is 3.05. The van der Waals surface area contributed by atoms with E-state index in [1.54, 1.807) is 0 Å². The SMILES string of the molecule is Cc1ccc(NCCCNC(=O)CC(C)C2CCNCC2)nc1.Cl.Cl. The number of carbonyl (C=O) groups is 1. The van der Waals surface area contributed by atoms with Gasteiger partial charge in [0.15, 0.2) is 0 Å². The maximum atomic E-state index is 12.0. The largest absolute Gasteiger partial charge is 0.370 e. The molecule has 0 saturated carbocycles. The molecule has 1 unspecified atom stereocenters. The molecule has 1 aromatic heterocycles. The number of carbonyl (C=O) groups excluding carboxylic acids is 1. The number of aromatic nitrogens is 1. The molecular formula is C18H32Cl2N4O. The van der Waals surface area contributed by atoms with Crippen molar-refractivity contribution in [2.45, 2.75) is 39.5 Å². The zero-order valence-electron chi connectivity index (χ0n) is 15.2. The smallest absolute Gasteiger partial charge is 0.220 e. The number of rotatable bonds is 8. The summed E-state index contributed by atoms with van der Waals surface area (Å²) in [5, 5.41) is 9.68. The van der Waals surface area contributed by atoms with Crippen molar-refractivity contribution in [2.75, 3.05) is 31.5 Å². The lowest BCUT2D eigenvalue weighted by atomic mass is 9.84. The Morgan fingerprint density at radius 1 is 1.28 bits per heavy atom. The average Bonchev–Trinajstić information content (AvgIpc) is 2.57. The van der Waals surface area contributed by atoms with Crippen LogP contribution in [0.4, 0.5) is 5.82 Å². The molecule has 1 amide bonds. The maximum Gasteiger partial charge on any atom is 0.220 e. The fourth-order valence-corrected chi connectivity index (χ4v) is 3.05. The van der Waals surface area contributed by atoms with Crippen LogP contribution in [0.25, 0.3) is 0 Å². The number of piperidine rings is 1. The zero-order chi connectivity index (χ0) is 16.5. The van der Waals surface area contributed by atoms with E-state index in [0.29, 0.717) is 18.3 Å². The molecule has 25 heavy (non-hydrogen) atoms. The standard InChI is InChI=1S/C18H30N4O.2ClH/c1-14-4-5-17(22-13-14)20-8-3-9-21-18(23)12-15(2)16-6-10-19-11-7-16;;/h4-5,13,15-16,19H,3,6-12H2,1-2H3,(H,20,22)(H,21,23);2*1H. The Kier molecular flexibility index (Phi) is 12.7. The van der Waals surface area contributed by atoms with Crippen molar-refractivity contribution < 1.29 is 4.79 Å². The number of hydrogen-bond acceptors (Lipinski definition) is 4. The van der Waals surface area contributed by atoms with Gasteiger partial charge in [-0.15, -0.1) is 24.8 Å². The third-order valence-corrected chi connectivity index (χ3v) is 4.59. The molecule has 3 N–H and O–H groups in total. The summed E-state index contributed by atoms with van der Waals surface area (Å²) in [6.45, 7) is 7.96. The highest BCUT2D eigenvalue weighted by Crippen LogP contribution is 2.24. The van der Waals surface area contributed by atoms with E-state index in [-0.39, 0.29) is 30.7 Å². The minimum atomic E-state index is 0. The van der Waals surface area contributed by atoms with E-state index in [2.05, 4.69) is 27.9 Å². The molecule has 144 valence electrons. The van der Waals surface area contributed by atoms with Gasteiger partial charge in [-0.2, -0.15) is 0 Å². The molecule has 0 aliphatic carbocycles. The molecule has 1 saturated heterocycles. The number of nitrogens with one attached hydrogen (secondary N) is 3. The molecule has 1 atom stereocenters. The van der Waals surface area contributed by atoms with Crippen molar-refractivity contribution in [1.82, 2.24) is 15.6 Å². The summed E-state index contributed by atoms with van der Waals surface area (Å²) in [4.78, 5) is 16.3. The van der Waals surface area contributed by atoms with Gasteiger partial charge in [-0.1, -0.05) is 13.0 Å². The van der Waals surface area contributed by atoms with Gasteiger partial charge in [0, 0.05) is 25.7 Å². The van der Waals surface area contributed by atoms with E-state index in [1.807, 2.05) is 25.3 Å². The quantitative estimate of drug-likeness (QED) is 0.596. The third kappa shape index (κ3) is 9.28. The molecule has 0 bridgehead atoms. The Morgan fingerprint density at radius 2 is 2.00 bits per heavy atom. The van der Waals surface area contributed by atoms with Crippen LogP contribution in [0, 0.1) is 18.8 Å². The molecule has 0 spiro atoms. The van der Waals surface area contributed by atoms with Crippen LogP contribution in [0.5, 0.6) is 0 Å². The average molecular weight is 391 g/mol. The van der Waals surface area contributed by atoms with Gasteiger partial charge in [0.25, 0.3) is 0 Å². The number of pyridine rings is 1. The van der Waals surface area contributed by atoms with Crippen LogP contribution in [0.15, 0.2) is 18.3 Å². The minimum absolute atomic E-state index is 0. The van der Waals surface area contributed by atoms with E-state index >= 15 is 0 Å². The van der Waals surface area contributed by atoms with Crippen LogP contribution in [0.2, 0.25) is 0 Å². The molecule has 2 heterocycles. The molecular weight excluding hydrogens is 359 g/mol. The molecule has 5 nitrogen and oxygen atoms in total. The Bertz CT molecular complexity index is 478. The lowest BCUT2D eigenvalue weighted by Crippen LogP contribution is -2.34. The van der Waals surface area contributed by atoms with Crippen molar-refractivity contribution in [1.29, 1.82) is 0 Å². The van der Waals surface area contributed by atoms with E-state index in [1.165, 1.54) is 12.8 Å². The minimum Gasteiger partial charge on any atom is -0.370 e. The molecule has 7 heteroatoms. The summed E-state index contributed by atoms with van der Waals surface area (Å²) < 4.78 is 0. The van der Waals surface area contributed by atoms with Crippen molar-refractivity contribution in [3.05, 3.63) is 23.9 Å². The summed E-state index contributed by atoms with van der Waals surface area (Å²) in [7, 11) is 0. The van der Waals surface area contributed by atoms with Crippen LogP contribution in [0.1, 0.15) is 38.2 Å². The molecule has 0 aromatic carbocycles. The molecule has 1 aromatic rings. The monoisotopic (exact) mass is 390 g/mol. The van der Waals surface area contributed by atoms with Crippen molar-refractivity contribution in [3.8, 4) is 0 Å². The predicted molar refractivity (Wildman–Crippen MR) is 109 cm³/mol. The summed E-state index contributed by atoms with van der Waals surface area (Å²) in [6, 6.07) is 4.02. The maximum absolute atomic E-state index is 12.0. The number of nitrogens with zero attached hydrogens (tertiary/aromatic N) is 1. The number of anilines is 1. The Labute approximate surface area is 164 Å². The first kappa shape index (κ1) is 24.0. The van der Waals surface area contributed by atoms with E-state index < -0.39 is 0 Å². The second kappa shape index (κ2) is 13.2. The highest BCUT2D eigenvalue weighted by Gasteiger charge is 2.21. The Hall–Kier alpha value is -1.04. The van der Waals surface area contributed by atoms with Crippen LogP contribution in [-0.2, 0) is 4.79 Å². The summed E-state index contributed by atoms with van der Waals surface area (Å²) in [5.41, 5.74) is 1.16. The van der Waals surface area contributed by atoms with E-state index in [4.69, 9.17) is 0 Å².